The van der Waals surface area contributed by atoms with Crippen LogP contribution in [0.1, 0.15) is 54.4 Å². The molecule has 1 atom stereocenters. The van der Waals surface area contributed by atoms with Crippen LogP contribution in [0.2, 0.25) is 0 Å². The molecule has 1 saturated carbocycles. The number of aryl methyl sites for hydroxylation is 3. The minimum absolute atomic E-state index is 0.114. The van der Waals surface area contributed by atoms with Gasteiger partial charge in [0.05, 0.1) is 11.6 Å². The molecule has 3 nitrogen and oxygen atoms in total. The first-order valence-electron chi connectivity index (χ1n) is 8.10. The van der Waals surface area contributed by atoms with E-state index in [1.807, 2.05) is 7.11 Å². The van der Waals surface area contributed by atoms with E-state index < -0.39 is 0 Å². The number of hydrazine groups is 1. The summed E-state index contributed by atoms with van der Waals surface area (Å²) in [6.45, 7) is 6.55. The summed E-state index contributed by atoms with van der Waals surface area (Å²) < 4.78 is 5.96. The highest BCUT2D eigenvalue weighted by molar-refractivity contribution is 5.38. The molecule has 0 radical (unpaired) electrons. The van der Waals surface area contributed by atoms with Crippen LogP contribution in [-0.4, -0.2) is 18.8 Å². The SMILES string of the molecule is COC1(C(Cc2c(C)cc(C)cc2C)NN)CCCCC1. The molecule has 1 aliphatic carbocycles. The quantitative estimate of drug-likeness (QED) is 0.646. The van der Waals surface area contributed by atoms with Crippen LogP contribution in [0.15, 0.2) is 12.1 Å². The smallest absolute Gasteiger partial charge is 0.0847 e. The number of hydrogen-bond donors (Lipinski definition) is 2. The first-order chi connectivity index (χ1) is 10.0. The summed E-state index contributed by atoms with van der Waals surface area (Å²) in [4.78, 5) is 0. The van der Waals surface area contributed by atoms with Gasteiger partial charge < -0.3 is 4.74 Å². The number of rotatable bonds is 5. The van der Waals surface area contributed by atoms with Crippen LogP contribution in [0.5, 0.6) is 0 Å². The van der Waals surface area contributed by atoms with Crippen molar-refractivity contribution in [3.8, 4) is 0 Å². The molecule has 3 N–H and O–H groups in total. The molecule has 0 amide bonds. The summed E-state index contributed by atoms with van der Waals surface area (Å²) in [5.41, 5.74) is 8.39. The second kappa shape index (κ2) is 6.91. The zero-order chi connectivity index (χ0) is 15.5. The summed E-state index contributed by atoms with van der Waals surface area (Å²) in [5, 5.41) is 0. The second-order valence-electron chi connectivity index (χ2n) is 6.63. The molecule has 0 saturated heterocycles. The lowest BCUT2D eigenvalue weighted by Gasteiger charge is -2.42. The van der Waals surface area contributed by atoms with Crippen molar-refractivity contribution in [3.05, 3.63) is 34.4 Å². The van der Waals surface area contributed by atoms with E-state index in [1.54, 1.807) is 0 Å². The van der Waals surface area contributed by atoms with Crippen LogP contribution >= 0.6 is 0 Å². The van der Waals surface area contributed by atoms with Gasteiger partial charge in [-0.1, -0.05) is 37.0 Å². The molecule has 0 spiro atoms. The van der Waals surface area contributed by atoms with Crippen molar-refractivity contribution in [2.45, 2.75) is 70.9 Å². The fourth-order valence-electron chi connectivity index (χ4n) is 3.98. The molecular weight excluding hydrogens is 260 g/mol. The molecule has 1 aromatic carbocycles. The maximum absolute atomic E-state index is 5.96. The average molecular weight is 290 g/mol. The zero-order valence-corrected chi connectivity index (χ0v) is 14.0. The van der Waals surface area contributed by atoms with E-state index >= 15 is 0 Å². The number of hydrogen-bond acceptors (Lipinski definition) is 3. The Hall–Kier alpha value is -0.900. The Labute approximate surface area is 129 Å². The van der Waals surface area contributed by atoms with Crippen LogP contribution < -0.4 is 11.3 Å². The molecule has 0 bridgehead atoms. The lowest BCUT2D eigenvalue weighted by molar-refractivity contribution is -0.0674. The first kappa shape index (κ1) is 16.5. The molecule has 1 fully saturated rings. The normalized spacial score (nSPS) is 19.5. The van der Waals surface area contributed by atoms with Crippen LogP contribution in [0, 0.1) is 20.8 Å². The van der Waals surface area contributed by atoms with Crippen LogP contribution in [0.4, 0.5) is 0 Å². The van der Waals surface area contributed by atoms with Gasteiger partial charge in [-0.25, -0.2) is 0 Å². The highest BCUT2D eigenvalue weighted by atomic mass is 16.5. The van der Waals surface area contributed by atoms with E-state index in [0.717, 1.165) is 19.3 Å². The Morgan fingerprint density at radius 3 is 2.19 bits per heavy atom. The van der Waals surface area contributed by atoms with Gasteiger partial charge in [0.25, 0.3) is 0 Å². The third-order valence-electron chi connectivity index (χ3n) is 5.19. The minimum Gasteiger partial charge on any atom is -0.377 e. The van der Waals surface area contributed by atoms with Gasteiger partial charge in [-0.3, -0.25) is 11.3 Å². The lowest BCUT2D eigenvalue weighted by atomic mass is 9.76. The summed E-state index contributed by atoms with van der Waals surface area (Å²) >= 11 is 0. The van der Waals surface area contributed by atoms with Crippen LogP contribution in [0.3, 0.4) is 0 Å². The Kier molecular flexibility index (Phi) is 5.42. The van der Waals surface area contributed by atoms with Crippen molar-refractivity contribution in [1.82, 2.24) is 5.43 Å². The molecule has 0 heterocycles. The third-order valence-corrected chi connectivity index (χ3v) is 5.19. The van der Waals surface area contributed by atoms with Gasteiger partial charge in [-0.05, 0) is 56.7 Å². The molecular formula is C18H30N2O. The molecule has 1 unspecified atom stereocenters. The van der Waals surface area contributed by atoms with Crippen molar-refractivity contribution in [2.24, 2.45) is 5.84 Å². The Bertz CT molecular complexity index is 455. The summed E-state index contributed by atoms with van der Waals surface area (Å²) in [6.07, 6.45) is 6.91. The average Bonchev–Trinajstić information content (AvgIpc) is 2.47. The largest absolute Gasteiger partial charge is 0.377 e. The highest BCUT2D eigenvalue weighted by Crippen LogP contribution is 2.35. The summed E-state index contributed by atoms with van der Waals surface area (Å²) in [7, 11) is 1.84. The number of nitrogens with one attached hydrogen (secondary N) is 1. The number of ether oxygens (including phenoxy) is 1. The van der Waals surface area contributed by atoms with Crippen LogP contribution in [-0.2, 0) is 11.2 Å². The highest BCUT2D eigenvalue weighted by Gasteiger charge is 2.39. The topological polar surface area (TPSA) is 47.3 Å². The predicted molar refractivity (Wildman–Crippen MR) is 88.3 cm³/mol. The Morgan fingerprint density at radius 1 is 1.14 bits per heavy atom. The van der Waals surface area contributed by atoms with Gasteiger partial charge in [0, 0.05) is 7.11 Å². The van der Waals surface area contributed by atoms with Crippen molar-refractivity contribution >= 4 is 0 Å². The molecule has 0 aromatic heterocycles. The maximum atomic E-state index is 5.96. The minimum atomic E-state index is -0.114. The van der Waals surface area contributed by atoms with Crippen LogP contribution in [0.25, 0.3) is 0 Å². The van der Waals surface area contributed by atoms with E-state index in [9.17, 15) is 0 Å². The third kappa shape index (κ3) is 3.47. The molecule has 21 heavy (non-hydrogen) atoms. The Balaban J connectivity index is 2.26. The van der Waals surface area contributed by atoms with Gasteiger partial charge in [-0.2, -0.15) is 0 Å². The van der Waals surface area contributed by atoms with Gasteiger partial charge in [-0.15, -0.1) is 0 Å². The lowest BCUT2D eigenvalue weighted by Crippen LogP contribution is -2.56. The second-order valence-corrected chi connectivity index (χ2v) is 6.63. The van der Waals surface area contributed by atoms with Gasteiger partial charge >= 0.3 is 0 Å². The first-order valence-corrected chi connectivity index (χ1v) is 8.10. The van der Waals surface area contributed by atoms with Crippen molar-refractivity contribution < 1.29 is 4.74 Å². The van der Waals surface area contributed by atoms with Gasteiger partial charge in [0.1, 0.15) is 0 Å². The van der Waals surface area contributed by atoms with E-state index in [2.05, 4.69) is 38.3 Å². The molecule has 0 aliphatic heterocycles. The standard InChI is InChI=1S/C18H30N2O/c1-13-10-14(2)16(15(3)11-13)12-17(20-19)18(21-4)8-6-5-7-9-18/h10-11,17,20H,5-9,12,19H2,1-4H3. The van der Waals surface area contributed by atoms with Gasteiger partial charge in [0.15, 0.2) is 0 Å². The fraction of sp³-hybridized carbons (Fsp3) is 0.667. The van der Waals surface area contributed by atoms with Crippen molar-refractivity contribution in [1.29, 1.82) is 0 Å². The summed E-state index contributed by atoms with van der Waals surface area (Å²) in [6, 6.07) is 4.69. The van der Waals surface area contributed by atoms with Crippen molar-refractivity contribution in [3.63, 3.8) is 0 Å². The Morgan fingerprint density at radius 2 is 1.71 bits per heavy atom. The predicted octanol–water partition coefficient (Wildman–Crippen LogP) is 3.34. The zero-order valence-electron chi connectivity index (χ0n) is 14.0. The molecule has 1 aliphatic rings. The van der Waals surface area contributed by atoms with E-state index in [4.69, 9.17) is 10.6 Å². The van der Waals surface area contributed by atoms with E-state index in [0.29, 0.717) is 0 Å². The monoisotopic (exact) mass is 290 g/mol. The number of benzene rings is 1. The number of methoxy groups -OCH3 is 1. The maximum Gasteiger partial charge on any atom is 0.0847 e. The van der Waals surface area contributed by atoms with E-state index in [1.165, 1.54) is 41.5 Å². The summed E-state index contributed by atoms with van der Waals surface area (Å²) in [5.74, 6) is 5.91. The van der Waals surface area contributed by atoms with Gasteiger partial charge in [0.2, 0.25) is 0 Å². The molecule has 118 valence electrons. The molecule has 3 heteroatoms. The fourth-order valence-corrected chi connectivity index (χ4v) is 3.98. The van der Waals surface area contributed by atoms with E-state index in [-0.39, 0.29) is 11.6 Å². The molecule has 2 rings (SSSR count). The molecule has 1 aromatic rings. The van der Waals surface area contributed by atoms with Crippen molar-refractivity contribution in [2.75, 3.05) is 7.11 Å². The number of nitrogens with two attached hydrogens (primary N) is 1.